The summed E-state index contributed by atoms with van der Waals surface area (Å²) >= 11 is 0. The van der Waals surface area contributed by atoms with Crippen LogP contribution in [0.1, 0.15) is 11.1 Å². The summed E-state index contributed by atoms with van der Waals surface area (Å²) in [6.45, 7) is 1.47. The topological polar surface area (TPSA) is 20.3 Å². The van der Waals surface area contributed by atoms with Crippen molar-refractivity contribution in [2.45, 2.75) is 11.4 Å². The molecule has 0 radical (unpaired) electrons. The van der Waals surface area contributed by atoms with Crippen LogP contribution in [0, 0.1) is 0 Å². The number of fused-ring (bicyclic) bond motifs is 1. The average molecular weight is 269 g/mol. The molecule has 0 saturated heterocycles. The molecule has 2 aromatic rings. The zero-order valence-electron chi connectivity index (χ0n) is 10.5. The number of hydrogen-bond acceptors (Lipinski definition) is 1. The molecule has 3 rings (SSSR count). The molecule has 96 valence electrons. The Kier molecular flexibility index (Phi) is 3.58. The third kappa shape index (κ3) is 2.67. The first-order chi connectivity index (χ1) is 9.34. The van der Waals surface area contributed by atoms with Gasteiger partial charge >= 0.3 is 0 Å². The summed E-state index contributed by atoms with van der Waals surface area (Å²) < 4.78 is 14.2. The molecule has 2 nitrogen and oxygen atoms in total. The summed E-state index contributed by atoms with van der Waals surface area (Å²) in [5.74, 6) is 0. The first-order valence-electron chi connectivity index (χ1n) is 6.31. The molecule has 19 heavy (non-hydrogen) atoms. The summed E-state index contributed by atoms with van der Waals surface area (Å²) in [5.41, 5.74) is 2.35. The lowest BCUT2D eigenvalue weighted by molar-refractivity contribution is 0.501. The van der Waals surface area contributed by atoms with Crippen LogP contribution in [0.15, 0.2) is 65.6 Å². The maximum absolute atomic E-state index is 12.2. The first kappa shape index (κ1) is 12.3. The van der Waals surface area contributed by atoms with Crippen molar-refractivity contribution in [2.24, 2.45) is 0 Å². The lowest BCUT2D eigenvalue weighted by Crippen LogP contribution is -2.19. The van der Waals surface area contributed by atoms with E-state index in [0.29, 0.717) is 6.54 Å². The van der Waals surface area contributed by atoms with Gasteiger partial charge in [-0.2, -0.15) is 0 Å². The SMILES string of the molecule is O=S1c2ccccc2CN1C/C=C/c1ccccc1. The normalized spacial score (nSPS) is 18.8. The van der Waals surface area contributed by atoms with Gasteiger partial charge in [-0.05, 0) is 17.2 Å². The highest BCUT2D eigenvalue weighted by atomic mass is 32.2. The van der Waals surface area contributed by atoms with Crippen molar-refractivity contribution >= 4 is 17.1 Å². The van der Waals surface area contributed by atoms with E-state index in [-0.39, 0.29) is 0 Å². The maximum atomic E-state index is 12.2. The number of benzene rings is 2. The summed E-state index contributed by atoms with van der Waals surface area (Å²) in [5, 5.41) is 0. The van der Waals surface area contributed by atoms with Crippen molar-refractivity contribution in [3.8, 4) is 0 Å². The van der Waals surface area contributed by atoms with E-state index in [1.807, 2.05) is 46.8 Å². The average Bonchev–Trinajstić information content (AvgIpc) is 2.78. The van der Waals surface area contributed by atoms with Gasteiger partial charge in [0.25, 0.3) is 0 Å². The highest BCUT2D eigenvalue weighted by Crippen LogP contribution is 2.26. The molecule has 1 heterocycles. The van der Waals surface area contributed by atoms with Crippen LogP contribution >= 0.6 is 0 Å². The summed E-state index contributed by atoms with van der Waals surface area (Å²) in [4.78, 5) is 0.954. The third-order valence-electron chi connectivity index (χ3n) is 3.16. The monoisotopic (exact) mass is 269 g/mol. The van der Waals surface area contributed by atoms with Gasteiger partial charge in [0.2, 0.25) is 0 Å². The largest absolute Gasteiger partial charge is 0.237 e. The van der Waals surface area contributed by atoms with E-state index < -0.39 is 11.0 Å². The van der Waals surface area contributed by atoms with Crippen molar-refractivity contribution in [1.82, 2.24) is 4.31 Å². The quantitative estimate of drug-likeness (QED) is 0.837. The van der Waals surface area contributed by atoms with Crippen LogP contribution in [-0.4, -0.2) is 15.1 Å². The zero-order valence-corrected chi connectivity index (χ0v) is 11.3. The Hall–Kier alpha value is -1.71. The fourth-order valence-corrected chi connectivity index (χ4v) is 3.50. The van der Waals surface area contributed by atoms with Crippen LogP contribution < -0.4 is 0 Å². The standard InChI is InChI=1S/C16H15NOS/c18-19-16-11-5-4-10-15(16)13-17(19)12-6-9-14-7-2-1-3-8-14/h1-11H,12-13H2/b9-6+. The lowest BCUT2D eigenvalue weighted by Gasteiger charge is -2.09. The Morgan fingerprint density at radius 3 is 2.58 bits per heavy atom. The molecule has 0 spiro atoms. The Balaban J connectivity index is 1.67. The second-order valence-corrected chi connectivity index (χ2v) is 5.95. The molecule has 0 fully saturated rings. The van der Waals surface area contributed by atoms with Gasteiger partial charge in [-0.1, -0.05) is 60.7 Å². The van der Waals surface area contributed by atoms with Crippen LogP contribution in [0.25, 0.3) is 6.08 Å². The lowest BCUT2D eigenvalue weighted by atomic mass is 10.2. The van der Waals surface area contributed by atoms with E-state index in [1.54, 1.807) is 0 Å². The van der Waals surface area contributed by atoms with Crippen LogP contribution in [-0.2, 0) is 17.5 Å². The molecule has 0 aliphatic carbocycles. The van der Waals surface area contributed by atoms with Gasteiger partial charge in [0.15, 0.2) is 0 Å². The molecule has 0 aromatic heterocycles. The van der Waals surface area contributed by atoms with Gasteiger partial charge in [0.1, 0.15) is 11.0 Å². The van der Waals surface area contributed by atoms with Crippen LogP contribution in [0.4, 0.5) is 0 Å². The molecule has 3 heteroatoms. The van der Waals surface area contributed by atoms with E-state index in [0.717, 1.165) is 11.4 Å². The molecule has 1 aliphatic rings. The van der Waals surface area contributed by atoms with Gasteiger partial charge in [0, 0.05) is 13.1 Å². The molecule has 0 saturated carbocycles. The van der Waals surface area contributed by atoms with Gasteiger partial charge in [-0.25, -0.2) is 8.51 Å². The van der Waals surface area contributed by atoms with Crippen molar-refractivity contribution in [2.75, 3.05) is 6.54 Å². The minimum absolute atomic E-state index is 0.705. The number of hydrogen-bond donors (Lipinski definition) is 0. The predicted octanol–water partition coefficient (Wildman–Crippen LogP) is 3.24. The highest BCUT2D eigenvalue weighted by molar-refractivity contribution is 7.83. The molecule has 0 N–H and O–H groups in total. The summed E-state index contributed by atoms with van der Waals surface area (Å²) in [6, 6.07) is 18.1. The van der Waals surface area contributed by atoms with E-state index in [9.17, 15) is 4.21 Å². The number of rotatable bonds is 3. The first-order valence-corrected chi connectivity index (χ1v) is 7.41. The summed E-state index contributed by atoms with van der Waals surface area (Å²) in [7, 11) is -1.01. The minimum Gasteiger partial charge on any atom is -0.237 e. The minimum atomic E-state index is -1.01. The van der Waals surface area contributed by atoms with Gasteiger partial charge in [0.05, 0.1) is 4.90 Å². The van der Waals surface area contributed by atoms with Crippen LogP contribution in [0.2, 0.25) is 0 Å². The molecule has 0 amide bonds. The van der Waals surface area contributed by atoms with E-state index in [4.69, 9.17) is 0 Å². The number of nitrogens with zero attached hydrogens (tertiary/aromatic N) is 1. The van der Waals surface area contributed by atoms with E-state index in [2.05, 4.69) is 24.3 Å². The van der Waals surface area contributed by atoms with Gasteiger partial charge in [-0.15, -0.1) is 0 Å². The molecule has 2 aromatic carbocycles. The molecule has 1 atom stereocenters. The van der Waals surface area contributed by atoms with Crippen molar-refractivity contribution in [3.05, 3.63) is 71.8 Å². The highest BCUT2D eigenvalue weighted by Gasteiger charge is 2.24. The smallest absolute Gasteiger partial charge is 0.128 e. The maximum Gasteiger partial charge on any atom is 0.128 e. The van der Waals surface area contributed by atoms with Gasteiger partial charge in [-0.3, -0.25) is 0 Å². The zero-order chi connectivity index (χ0) is 13.1. The Labute approximate surface area is 116 Å². The Bertz CT molecular complexity index is 622. The van der Waals surface area contributed by atoms with Crippen LogP contribution in [0.3, 0.4) is 0 Å². The van der Waals surface area contributed by atoms with Crippen molar-refractivity contribution < 1.29 is 4.21 Å². The van der Waals surface area contributed by atoms with E-state index in [1.165, 1.54) is 11.1 Å². The van der Waals surface area contributed by atoms with Crippen LogP contribution in [0.5, 0.6) is 0 Å². The predicted molar refractivity (Wildman–Crippen MR) is 78.7 cm³/mol. The van der Waals surface area contributed by atoms with Crippen molar-refractivity contribution in [3.63, 3.8) is 0 Å². The second kappa shape index (κ2) is 5.51. The molecule has 1 unspecified atom stereocenters. The fraction of sp³-hybridized carbons (Fsp3) is 0.125. The molecule has 1 aliphatic heterocycles. The molecular weight excluding hydrogens is 254 g/mol. The fourth-order valence-electron chi connectivity index (χ4n) is 2.20. The van der Waals surface area contributed by atoms with Gasteiger partial charge < -0.3 is 0 Å². The Morgan fingerprint density at radius 2 is 1.79 bits per heavy atom. The molecule has 0 bridgehead atoms. The molecular formula is C16H15NOS. The third-order valence-corrected chi connectivity index (χ3v) is 4.68. The second-order valence-electron chi connectivity index (χ2n) is 4.49. The van der Waals surface area contributed by atoms with Crippen molar-refractivity contribution in [1.29, 1.82) is 0 Å². The van der Waals surface area contributed by atoms with E-state index >= 15 is 0 Å². The Morgan fingerprint density at radius 1 is 1.05 bits per heavy atom. The summed E-state index contributed by atoms with van der Waals surface area (Å²) in [6.07, 6.45) is 4.14.